The lowest BCUT2D eigenvalue weighted by atomic mass is 9.48. The van der Waals surface area contributed by atoms with Crippen molar-refractivity contribution in [2.75, 3.05) is 6.61 Å². The maximum atomic E-state index is 12.9. The summed E-state index contributed by atoms with van der Waals surface area (Å²) in [6.45, 7) is 7.31. The second-order valence-electron chi connectivity index (χ2n) is 10.4. The van der Waals surface area contributed by atoms with Gasteiger partial charge in [0.1, 0.15) is 6.10 Å². The van der Waals surface area contributed by atoms with Crippen LogP contribution >= 0.6 is 0 Å². The molecule has 0 amide bonds. The lowest BCUT2D eigenvalue weighted by Crippen LogP contribution is -2.55. The summed E-state index contributed by atoms with van der Waals surface area (Å²) in [4.78, 5) is 25.6. The van der Waals surface area contributed by atoms with Gasteiger partial charge >= 0.3 is 11.9 Å². The van der Waals surface area contributed by atoms with Crippen molar-refractivity contribution in [3.05, 3.63) is 71.8 Å². The number of esters is 2. The Hall–Kier alpha value is -2.62. The van der Waals surface area contributed by atoms with E-state index in [4.69, 9.17) is 9.47 Å². The van der Waals surface area contributed by atoms with Crippen LogP contribution in [0.5, 0.6) is 0 Å². The highest BCUT2D eigenvalue weighted by Crippen LogP contribution is 2.60. The van der Waals surface area contributed by atoms with Gasteiger partial charge in [0.25, 0.3) is 0 Å². The van der Waals surface area contributed by atoms with Gasteiger partial charge in [0.2, 0.25) is 0 Å². The molecule has 0 aromatic heterocycles. The summed E-state index contributed by atoms with van der Waals surface area (Å²) in [6, 6.07) is 18.2. The molecule has 2 aromatic carbocycles. The van der Waals surface area contributed by atoms with Gasteiger partial charge in [-0.05, 0) is 66.7 Å². The van der Waals surface area contributed by atoms with Gasteiger partial charge in [0.05, 0.1) is 17.7 Å². The number of ether oxygens (including phenoxy) is 2. The second-order valence-corrected chi connectivity index (χ2v) is 10.4. The average molecular weight is 435 g/mol. The highest BCUT2D eigenvalue weighted by atomic mass is 16.6. The summed E-state index contributed by atoms with van der Waals surface area (Å²) >= 11 is 0. The fourth-order valence-electron chi connectivity index (χ4n) is 6.33. The van der Waals surface area contributed by atoms with Crippen LogP contribution in [0, 0.1) is 22.7 Å². The van der Waals surface area contributed by atoms with Crippen molar-refractivity contribution in [2.45, 2.75) is 59.0 Å². The van der Waals surface area contributed by atoms with Gasteiger partial charge < -0.3 is 9.47 Å². The average Bonchev–Trinajstić information content (AvgIpc) is 2.78. The Labute approximate surface area is 191 Å². The van der Waals surface area contributed by atoms with E-state index in [0.717, 1.165) is 25.7 Å². The number of carbonyl (C=O) groups excluding carboxylic acids is 2. The molecule has 0 saturated heterocycles. The first-order valence-corrected chi connectivity index (χ1v) is 11.8. The molecule has 0 aliphatic heterocycles. The lowest BCUT2D eigenvalue weighted by Gasteiger charge is -2.58. The van der Waals surface area contributed by atoms with Gasteiger partial charge in [-0.15, -0.1) is 0 Å². The fourth-order valence-corrected chi connectivity index (χ4v) is 6.33. The minimum atomic E-state index is -0.320. The highest BCUT2D eigenvalue weighted by molar-refractivity contribution is 5.90. The molecule has 0 bridgehead atoms. The van der Waals surface area contributed by atoms with E-state index in [1.165, 1.54) is 6.42 Å². The van der Waals surface area contributed by atoms with Gasteiger partial charge in [-0.1, -0.05) is 63.6 Å². The second kappa shape index (κ2) is 9.09. The van der Waals surface area contributed by atoms with Crippen molar-refractivity contribution in [1.29, 1.82) is 0 Å². The molecule has 2 aliphatic rings. The van der Waals surface area contributed by atoms with E-state index in [1.54, 1.807) is 24.3 Å². The van der Waals surface area contributed by atoms with Crippen LogP contribution in [0.4, 0.5) is 0 Å². The summed E-state index contributed by atoms with van der Waals surface area (Å²) in [6.07, 6.45) is 4.98. The molecule has 2 aliphatic carbocycles. The van der Waals surface area contributed by atoms with E-state index < -0.39 is 0 Å². The van der Waals surface area contributed by atoms with E-state index in [9.17, 15) is 9.59 Å². The molecule has 2 aromatic rings. The molecule has 0 radical (unpaired) electrons. The smallest absolute Gasteiger partial charge is 0.338 e. The maximum Gasteiger partial charge on any atom is 0.338 e. The number of fused-ring (bicyclic) bond motifs is 1. The Balaban J connectivity index is 1.57. The summed E-state index contributed by atoms with van der Waals surface area (Å²) in [5.41, 5.74) is 1.29. The Kier molecular flexibility index (Phi) is 6.41. The molecule has 4 rings (SSSR count). The van der Waals surface area contributed by atoms with Crippen LogP contribution in [-0.2, 0) is 9.47 Å². The topological polar surface area (TPSA) is 52.6 Å². The molecule has 2 fully saturated rings. The van der Waals surface area contributed by atoms with E-state index in [2.05, 4.69) is 20.8 Å². The largest absolute Gasteiger partial charge is 0.462 e. The lowest BCUT2D eigenvalue weighted by molar-refractivity contribution is -0.140. The van der Waals surface area contributed by atoms with Crippen LogP contribution in [0.2, 0.25) is 0 Å². The predicted octanol–water partition coefficient (Wildman–Crippen LogP) is 6.31. The van der Waals surface area contributed by atoms with Crippen molar-refractivity contribution >= 4 is 11.9 Å². The maximum absolute atomic E-state index is 12.9. The Morgan fingerprint density at radius 2 is 1.44 bits per heavy atom. The minimum Gasteiger partial charge on any atom is -0.462 e. The SMILES string of the molecule is CC1(C)CCC[C@]2(C)[C@@H](COC(=O)c3ccccc3)[C@H](OC(=O)c3ccccc3)CC[C@@H]12. The van der Waals surface area contributed by atoms with Crippen LogP contribution in [-0.4, -0.2) is 24.6 Å². The van der Waals surface area contributed by atoms with Crippen molar-refractivity contribution in [1.82, 2.24) is 0 Å². The first-order chi connectivity index (χ1) is 15.3. The normalized spacial score (nSPS) is 28.9. The zero-order valence-electron chi connectivity index (χ0n) is 19.4. The number of hydrogen-bond donors (Lipinski definition) is 0. The number of carbonyl (C=O) groups is 2. The Morgan fingerprint density at radius 3 is 2.06 bits per heavy atom. The van der Waals surface area contributed by atoms with Crippen LogP contribution < -0.4 is 0 Å². The molecule has 0 N–H and O–H groups in total. The molecular weight excluding hydrogens is 400 g/mol. The molecule has 4 nitrogen and oxygen atoms in total. The zero-order chi connectivity index (χ0) is 22.8. The number of benzene rings is 2. The van der Waals surface area contributed by atoms with Gasteiger partial charge in [0, 0.05) is 5.92 Å². The monoisotopic (exact) mass is 434 g/mol. The van der Waals surface area contributed by atoms with Crippen molar-refractivity contribution in [3.8, 4) is 0 Å². The summed E-state index contributed by atoms with van der Waals surface area (Å²) < 4.78 is 11.9. The van der Waals surface area contributed by atoms with Gasteiger partial charge in [-0.3, -0.25) is 0 Å². The molecule has 2 saturated carbocycles. The first-order valence-electron chi connectivity index (χ1n) is 11.8. The van der Waals surface area contributed by atoms with E-state index >= 15 is 0 Å². The molecule has 0 unspecified atom stereocenters. The summed E-state index contributed by atoms with van der Waals surface area (Å²) in [5, 5.41) is 0. The van der Waals surface area contributed by atoms with Gasteiger partial charge in [-0.2, -0.15) is 0 Å². The Morgan fingerprint density at radius 1 is 0.844 bits per heavy atom. The Bertz CT molecular complexity index is 936. The van der Waals surface area contributed by atoms with Crippen LogP contribution in [0.1, 0.15) is 73.6 Å². The molecule has 170 valence electrons. The minimum absolute atomic E-state index is 0.0267. The van der Waals surface area contributed by atoms with Crippen molar-refractivity contribution in [3.63, 3.8) is 0 Å². The van der Waals surface area contributed by atoms with Crippen LogP contribution in [0.3, 0.4) is 0 Å². The van der Waals surface area contributed by atoms with E-state index in [1.807, 2.05) is 36.4 Å². The molecule has 32 heavy (non-hydrogen) atoms. The fraction of sp³-hybridized carbons (Fsp3) is 0.500. The van der Waals surface area contributed by atoms with Crippen molar-refractivity contribution < 1.29 is 19.1 Å². The summed E-state index contributed by atoms with van der Waals surface area (Å²) in [5.74, 6) is -0.136. The molecular formula is C28H34O4. The van der Waals surface area contributed by atoms with Crippen molar-refractivity contribution in [2.24, 2.45) is 22.7 Å². The van der Waals surface area contributed by atoms with E-state index in [0.29, 0.717) is 17.0 Å². The molecule has 0 heterocycles. The highest BCUT2D eigenvalue weighted by Gasteiger charge is 2.56. The standard InChI is InChI=1S/C28H34O4/c1-27(2)17-10-18-28(3)22(19-31-25(29)20-11-6-4-7-12-20)23(15-16-24(27)28)32-26(30)21-13-8-5-9-14-21/h4-9,11-14,22-24H,10,15-19H2,1-3H3/t22-,23+,24-,28+/m0/s1. The number of rotatable bonds is 5. The molecule has 4 atom stereocenters. The third kappa shape index (κ3) is 4.46. The third-order valence-electron chi connectivity index (χ3n) is 7.98. The first kappa shape index (κ1) is 22.6. The van der Waals surface area contributed by atoms with Crippen LogP contribution in [0.15, 0.2) is 60.7 Å². The summed E-state index contributed by atoms with van der Waals surface area (Å²) in [7, 11) is 0. The van der Waals surface area contributed by atoms with Gasteiger partial charge in [0.15, 0.2) is 0 Å². The third-order valence-corrected chi connectivity index (χ3v) is 7.98. The zero-order valence-corrected chi connectivity index (χ0v) is 19.4. The van der Waals surface area contributed by atoms with Crippen LogP contribution in [0.25, 0.3) is 0 Å². The molecule has 0 spiro atoms. The van der Waals surface area contributed by atoms with E-state index in [-0.39, 0.29) is 41.4 Å². The quantitative estimate of drug-likeness (QED) is 0.517. The molecule has 4 heteroatoms. The number of hydrogen-bond acceptors (Lipinski definition) is 4. The predicted molar refractivity (Wildman–Crippen MR) is 124 cm³/mol. The van der Waals surface area contributed by atoms with Gasteiger partial charge in [-0.25, -0.2) is 9.59 Å².